The lowest BCUT2D eigenvalue weighted by Crippen LogP contribution is -2.20. The van der Waals surface area contributed by atoms with Crippen LogP contribution in [0.4, 0.5) is 5.69 Å². The number of carbonyl (C=O) groups is 1. The highest BCUT2D eigenvalue weighted by atomic mass is 32.2. The number of thioether (sulfide) groups is 1. The average molecular weight is 526 g/mol. The molecule has 0 atom stereocenters. The number of amides is 1. The van der Waals surface area contributed by atoms with Crippen LogP contribution in [0.3, 0.4) is 0 Å². The van der Waals surface area contributed by atoms with Crippen molar-refractivity contribution < 1.29 is 9.72 Å². The van der Waals surface area contributed by atoms with Gasteiger partial charge >= 0.3 is 0 Å². The lowest BCUT2D eigenvalue weighted by Gasteiger charge is -2.03. The fourth-order valence-electron chi connectivity index (χ4n) is 3.50. The summed E-state index contributed by atoms with van der Waals surface area (Å²) in [5.74, 6) is -0.301. The molecule has 5 aromatic rings. The second-order valence-electron chi connectivity index (χ2n) is 7.81. The zero-order valence-electron chi connectivity index (χ0n) is 19.7. The first kappa shape index (κ1) is 24.5. The molecule has 0 unspecified atom stereocenters. The first-order valence-electron chi connectivity index (χ1n) is 11.3. The molecule has 2 heterocycles. The summed E-state index contributed by atoms with van der Waals surface area (Å²) in [6.07, 6.45) is 3.25. The maximum atomic E-state index is 12.5. The number of carbonyl (C=O) groups excluding carboxylic acids is 1. The molecule has 3 aromatic carbocycles. The summed E-state index contributed by atoms with van der Waals surface area (Å²) in [5.41, 5.74) is 5.94. The number of nitrogens with zero attached hydrogens (tertiary/aromatic N) is 8. The Kier molecular flexibility index (Phi) is 7.27. The Morgan fingerprint density at radius 2 is 1.68 bits per heavy atom. The second kappa shape index (κ2) is 11.3. The van der Waals surface area contributed by atoms with Gasteiger partial charge in [0, 0.05) is 29.5 Å². The van der Waals surface area contributed by atoms with Gasteiger partial charge in [0.25, 0.3) is 11.6 Å². The van der Waals surface area contributed by atoms with Gasteiger partial charge in [0.1, 0.15) is 5.69 Å². The van der Waals surface area contributed by atoms with E-state index in [0.717, 1.165) is 11.4 Å². The van der Waals surface area contributed by atoms with Gasteiger partial charge in [-0.1, -0.05) is 48.2 Å². The van der Waals surface area contributed by atoms with E-state index in [2.05, 4.69) is 31.2 Å². The van der Waals surface area contributed by atoms with E-state index >= 15 is 0 Å². The van der Waals surface area contributed by atoms with Crippen LogP contribution >= 0.6 is 11.8 Å². The van der Waals surface area contributed by atoms with Crippen LogP contribution in [-0.4, -0.2) is 52.8 Å². The number of hydrazone groups is 1. The largest absolute Gasteiger partial charge is 0.272 e. The summed E-state index contributed by atoms with van der Waals surface area (Å²) in [6.45, 7) is 0. The minimum atomic E-state index is -0.458. The number of para-hydroxylation sites is 2. The molecule has 0 fully saturated rings. The number of nitro groups is 1. The van der Waals surface area contributed by atoms with Crippen molar-refractivity contribution in [1.82, 2.24) is 35.4 Å². The summed E-state index contributed by atoms with van der Waals surface area (Å²) in [4.78, 5) is 23.0. The van der Waals surface area contributed by atoms with Gasteiger partial charge in [-0.05, 0) is 46.8 Å². The fraction of sp³-hybridized carbons (Fsp3) is 0.0400. The number of tetrazole rings is 1. The van der Waals surface area contributed by atoms with E-state index in [0.29, 0.717) is 22.0 Å². The van der Waals surface area contributed by atoms with Crippen molar-refractivity contribution in [1.29, 1.82) is 0 Å². The summed E-state index contributed by atoms with van der Waals surface area (Å²) in [6, 6.07) is 24.9. The predicted molar refractivity (Wildman–Crippen MR) is 141 cm³/mol. The number of aromatic nitrogens is 6. The topological polar surface area (TPSA) is 146 Å². The third-order valence-corrected chi connectivity index (χ3v) is 6.20. The summed E-state index contributed by atoms with van der Waals surface area (Å²) < 4.78 is 3.23. The molecule has 0 aliphatic carbocycles. The lowest BCUT2D eigenvalue weighted by molar-refractivity contribution is -0.384. The highest BCUT2D eigenvalue weighted by molar-refractivity contribution is 7.99. The minimum Gasteiger partial charge on any atom is -0.272 e. The molecule has 0 bridgehead atoms. The van der Waals surface area contributed by atoms with Crippen LogP contribution in [0.1, 0.15) is 5.56 Å². The van der Waals surface area contributed by atoms with Crippen molar-refractivity contribution in [3.05, 3.63) is 107 Å². The lowest BCUT2D eigenvalue weighted by atomic mass is 10.1. The Morgan fingerprint density at radius 1 is 1.00 bits per heavy atom. The maximum absolute atomic E-state index is 12.5. The van der Waals surface area contributed by atoms with Gasteiger partial charge in [-0.25, -0.2) is 10.1 Å². The second-order valence-corrected chi connectivity index (χ2v) is 8.75. The quantitative estimate of drug-likeness (QED) is 0.133. The number of rotatable bonds is 9. The molecule has 38 heavy (non-hydrogen) atoms. The van der Waals surface area contributed by atoms with E-state index in [9.17, 15) is 14.9 Å². The summed E-state index contributed by atoms with van der Waals surface area (Å²) in [7, 11) is 0. The summed E-state index contributed by atoms with van der Waals surface area (Å²) >= 11 is 1.18. The van der Waals surface area contributed by atoms with Crippen LogP contribution in [0, 0.1) is 10.1 Å². The Bertz CT molecular complexity index is 1580. The van der Waals surface area contributed by atoms with Crippen LogP contribution in [0.5, 0.6) is 0 Å². The standard InChI is InChI=1S/C25H19N9O3S/c35-23(17-38-25-28-30-31-33(25)21-9-5-2-6-10-21)27-26-15-19-16-32(20-7-3-1-4-8-20)29-24(19)18-11-13-22(14-12-18)34(36)37/h1-16H,17H2,(H,27,35)/b26-15+. The molecular weight excluding hydrogens is 506 g/mol. The first-order chi connectivity index (χ1) is 18.6. The van der Waals surface area contributed by atoms with Gasteiger partial charge in [-0.3, -0.25) is 14.9 Å². The van der Waals surface area contributed by atoms with Crippen molar-refractivity contribution >= 4 is 29.6 Å². The van der Waals surface area contributed by atoms with E-state index in [-0.39, 0.29) is 17.3 Å². The number of non-ortho nitro benzene ring substituents is 1. The molecule has 0 radical (unpaired) electrons. The number of hydrogen-bond acceptors (Lipinski definition) is 9. The van der Waals surface area contributed by atoms with Crippen LogP contribution < -0.4 is 5.43 Å². The number of nitrogens with one attached hydrogen (secondary N) is 1. The average Bonchev–Trinajstić information content (AvgIpc) is 3.60. The molecule has 0 aliphatic rings. The van der Waals surface area contributed by atoms with E-state index in [4.69, 9.17) is 0 Å². The molecule has 0 aliphatic heterocycles. The van der Waals surface area contributed by atoms with Crippen molar-refractivity contribution in [2.24, 2.45) is 5.10 Å². The van der Waals surface area contributed by atoms with Crippen molar-refractivity contribution in [3.8, 4) is 22.6 Å². The molecule has 2 aromatic heterocycles. The van der Waals surface area contributed by atoms with Gasteiger partial charge in [-0.2, -0.15) is 14.9 Å². The monoisotopic (exact) mass is 525 g/mol. The van der Waals surface area contributed by atoms with Crippen molar-refractivity contribution in [2.45, 2.75) is 5.16 Å². The van der Waals surface area contributed by atoms with Crippen LogP contribution in [0.25, 0.3) is 22.6 Å². The SMILES string of the molecule is O=C(CSc1nnnn1-c1ccccc1)N/N=C/c1cn(-c2ccccc2)nc1-c1ccc([N+](=O)[O-])cc1. The molecule has 1 amide bonds. The zero-order valence-corrected chi connectivity index (χ0v) is 20.5. The maximum Gasteiger partial charge on any atom is 0.269 e. The molecule has 1 N–H and O–H groups in total. The number of benzene rings is 3. The van der Waals surface area contributed by atoms with E-state index in [1.807, 2.05) is 60.7 Å². The highest BCUT2D eigenvalue weighted by Gasteiger charge is 2.14. The Hall–Kier alpha value is -5.17. The van der Waals surface area contributed by atoms with Crippen LogP contribution in [0.15, 0.2) is 101 Å². The zero-order chi connectivity index (χ0) is 26.3. The smallest absolute Gasteiger partial charge is 0.269 e. The molecule has 0 spiro atoms. The van der Waals surface area contributed by atoms with Gasteiger partial charge in [-0.15, -0.1) is 5.10 Å². The first-order valence-corrected chi connectivity index (χ1v) is 12.3. The fourth-order valence-corrected chi connectivity index (χ4v) is 4.18. The molecule has 0 saturated carbocycles. The molecule has 188 valence electrons. The summed E-state index contributed by atoms with van der Waals surface area (Å²) in [5, 5.41) is 31.9. The minimum absolute atomic E-state index is 0.0190. The normalized spacial score (nSPS) is 11.1. The van der Waals surface area contributed by atoms with Crippen LogP contribution in [-0.2, 0) is 4.79 Å². The number of hydrogen-bond donors (Lipinski definition) is 1. The Balaban J connectivity index is 1.30. The van der Waals surface area contributed by atoms with Crippen molar-refractivity contribution in [2.75, 3.05) is 5.75 Å². The highest BCUT2D eigenvalue weighted by Crippen LogP contribution is 2.25. The van der Waals surface area contributed by atoms with Gasteiger partial charge in [0.05, 0.1) is 28.3 Å². The van der Waals surface area contributed by atoms with E-state index < -0.39 is 4.92 Å². The van der Waals surface area contributed by atoms with E-state index in [1.165, 1.54) is 30.1 Å². The van der Waals surface area contributed by atoms with Gasteiger partial charge < -0.3 is 0 Å². The van der Waals surface area contributed by atoms with Crippen LogP contribution in [0.2, 0.25) is 0 Å². The molecule has 13 heteroatoms. The van der Waals surface area contributed by atoms with E-state index in [1.54, 1.807) is 27.7 Å². The Morgan fingerprint density at radius 3 is 2.37 bits per heavy atom. The molecule has 12 nitrogen and oxygen atoms in total. The third-order valence-electron chi connectivity index (χ3n) is 5.28. The predicted octanol–water partition coefficient (Wildman–Crippen LogP) is 3.67. The van der Waals surface area contributed by atoms with Crippen molar-refractivity contribution in [3.63, 3.8) is 0 Å². The number of nitro benzene ring substituents is 1. The Labute approximate surface area is 220 Å². The molecular formula is C25H19N9O3S. The molecule has 5 rings (SSSR count). The van der Waals surface area contributed by atoms with Gasteiger partial charge in [0.2, 0.25) is 5.16 Å². The third kappa shape index (κ3) is 5.63. The van der Waals surface area contributed by atoms with Gasteiger partial charge in [0.15, 0.2) is 0 Å². The molecule has 0 saturated heterocycles.